The number of aromatic nitrogens is 2. The first-order valence-corrected chi connectivity index (χ1v) is 6.57. The molecule has 0 amide bonds. The van der Waals surface area contributed by atoms with E-state index < -0.39 is 0 Å². The summed E-state index contributed by atoms with van der Waals surface area (Å²) >= 11 is 0. The van der Waals surface area contributed by atoms with E-state index in [4.69, 9.17) is 5.84 Å². The number of nitrogens with two attached hydrogens (primary N) is 1. The zero-order valence-corrected chi connectivity index (χ0v) is 11.2. The topological polar surface area (TPSA) is 55.9 Å². The molecule has 1 fully saturated rings. The molecule has 17 heavy (non-hydrogen) atoms. The average Bonchev–Trinajstić information content (AvgIpc) is 3.08. The van der Waals surface area contributed by atoms with Crippen LogP contribution in [0.15, 0.2) is 0 Å². The van der Waals surface area contributed by atoms with Gasteiger partial charge in [0.25, 0.3) is 0 Å². The van der Waals surface area contributed by atoms with Gasteiger partial charge in [-0.3, -0.25) is 16.0 Å². The molecule has 0 spiro atoms. The number of nitrogens with one attached hydrogen (secondary N) is 1. The number of rotatable bonds is 6. The summed E-state index contributed by atoms with van der Waals surface area (Å²) in [5, 5.41) is 4.45. The van der Waals surface area contributed by atoms with Crippen LogP contribution in [0.3, 0.4) is 0 Å². The van der Waals surface area contributed by atoms with Gasteiger partial charge >= 0.3 is 0 Å². The Morgan fingerprint density at radius 2 is 2.18 bits per heavy atom. The minimum absolute atomic E-state index is 0.386. The van der Waals surface area contributed by atoms with Crippen molar-refractivity contribution in [1.82, 2.24) is 15.2 Å². The molecule has 1 heterocycles. The Balaban J connectivity index is 1.95. The SMILES string of the molecule is Cc1nn(C)c(C)c1CC(CCC1CC1)NN. The summed E-state index contributed by atoms with van der Waals surface area (Å²) < 4.78 is 1.96. The van der Waals surface area contributed by atoms with E-state index in [2.05, 4.69) is 24.4 Å². The van der Waals surface area contributed by atoms with Crippen molar-refractivity contribution >= 4 is 0 Å². The smallest absolute Gasteiger partial charge is 0.0628 e. The van der Waals surface area contributed by atoms with E-state index in [0.29, 0.717) is 6.04 Å². The lowest BCUT2D eigenvalue weighted by Crippen LogP contribution is -2.37. The van der Waals surface area contributed by atoms with Crippen molar-refractivity contribution in [2.75, 3.05) is 0 Å². The van der Waals surface area contributed by atoms with Crippen molar-refractivity contribution in [2.45, 2.75) is 52.0 Å². The number of hydrogen-bond acceptors (Lipinski definition) is 3. The maximum absolute atomic E-state index is 5.66. The lowest BCUT2D eigenvalue weighted by molar-refractivity contribution is 0.461. The molecule has 4 heteroatoms. The molecule has 0 radical (unpaired) electrons. The summed E-state index contributed by atoms with van der Waals surface area (Å²) in [7, 11) is 2.00. The van der Waals surface area contributed by atoms with Gasteiger partial charge in [0.05, 0.1) is 5.69 Å². The van der Waals surface area contributed by atoms with Crippen LogP contribution < -0.4 is 11.3 Å². The third-order valence-electron chi connectivity index (χ3n) is 3.97. The third-order valence-corrected chi connectivity index (χ3v) is 3.97. The van der Waals surface area contributed by atoms with Crippen LogP contribution in [0.1, 0.15) is 42.6 Å². The molecule has 96 valence electrons. The zero-order valence-electron chi connectivity index (χ0n) is 11.2. The molecule has 0 saturated heterocycles. The molecule has 1 atom stereocenters. The van der Waals surface area contributed by atoms with E-state index in [1.54, 1.807) is 0 Å². The molecule has 2 rings (SSSR count). The van der Waals surface area contributed by atoms with Gasteiger partial charge < -0.3 is 0 Å². The first-order valence-electron chi connectivity index (χ1n) is 6.57. The fourth-order valence-electron chi connectivity index (χ4n) is 2.45. The highest BCUT2D eigenvalue weighted by Gasteiger charge is 2.23. The minimum atomic E-state index is 0.386. The van der Waals surface area contributed by atoms with Crippen molar-refractivity contribution in [3.8, 4) is 0 Å². The molecule has 0 bridgehead atoms. The quantitative estimate of drug-likeness (QED) is 0.582. The van der Waals surface area contributed by atoms with Gasteiger partial charge in [0, 0.05) is 18.8 Å². The van der Waals surface area contributed by atoms with E-state index >= 15 is 0 Å². The second-order valence-corrected chi connectivity index (χ2v) is 5.36. The molecule has 1 aliphatic rings. The van der Waals surface area contributed by atoms with Gasteiger partial charge in [-0.15, -0.1) is 0 Å². The monoisotopic (exact) mass is 236 g/mol. The van der Waals surface area contributed by atoms with Crippen LogP contribution in [-0.4, -0.2) is 15.8 Å². The summed E-state index contributed by atoms with van der Waals surface area (Å²) in [6.45, 7) is 4.21. The molecule has 1 aromatic heterocycles. The standard InChI is InChI=1S/C13H24N4/c1-9-13(10(2)17(3)16-9)8-12(15-14)7-6-11-4-5-11/h11-12,15H,4-8,14H2,1-3H3. The number of hydrogen-bond donors (Lipinski definition) is 2. The summed E-state index contributed by atoms with van der Waals surface area (Å²) in [5.74, 6) is 6.63. The lowest BCUT2D eigenvalue weighted by Gasteiger charge is -2.15. The van der Waals surface area contributed by atoms with E-state index in [1.807, 2.05) is 11.7 Å². The van der Waals surface area contributed by atoms with Gasteiger partial charge in [-0.1, -0.05) is 12.8 Å². The maximum atomic E-state index is 5.66. The summed E-state index contributed by atoms with van der Waals surface area (Å²) in [6, 6.07) is 0.386. The molecular formula is C13H24N4. The molecule has 1 aromatic rings. The number of nitrogens with zero attached hydrogens (tertiary/aromatic N) is 2. The Labute approximate surface area is 104 Å². The van der Waals surface area contributed by atoms with Crippen LogP contribution in [-0.2, 0) is 13.5 Å². The second-order valence-electron chi connectivity index (χ2n) is 5.36. The van der Waals surface area contributed by atoms with Crippen LogP contribution in [0, 0.1) is 19.8 Å². The van der Waals surface area contributed by atoms with Gasteiger partial charge in [-0.2, -0.15) is 5.10 Å². The van der Waals surface area contributed by atoms with Gasteiger partial charge in [-0.25, -0.2) is 0 Å². The predicted octanol–water partition coefficient (Wildman–Crippen LogP) is 1.60. The Morgan fingerprint density at radius 1 is 1.47 bits per heavy atom. The highest BCUT2D eigenvalue weighted by atomic mass is 15.3. The lowest BCUT2D eigenvalue weighted by atomic mass is 10.00. The van der Waals surface area contributed by atoms with Crippen molar-refractivity contribution in [3.05, 3.63) is 17.0 Å². The summed E-state index contributed by atoms with van der Waals surface area (Å²) in [5.41, 5.74) is 6.71. The largest absolute Gasteiger partial charge is 0.272 e. The van der Waals surface area contributed by atoms with E-state index in [0.717, 1.165) is 18.0 Å². The van der Waals surface area contributed by atoms with E-state index in [-0.39, 0.29) is 0 Å². The Bertz CT molecular complexity index is 379. The van der Waals surface area contributed by atoms with Crippen LogP contribution in [0.2, 0.25) is 0 Å². The molecule has 1 aliphatic carbocycles. The molecule has 0 aliphatic heterocycles. The van der Waals surface area contributed by atoms with Crippen LogP contribution >= 0.6 is 0 Å². The van der Waals surface area contributed by atoms with Gasteiger partial charge in [0.2, 0.25) is 0 Å². The first-order chi connectivity index (χ1) is 8.11. The molecule has 4 nitrogen and oxygen atoms in total. The summed E-state index contributed by atoms with van der Waals surface area (Å²) in [4.78, 5) is 0. The van der Waals surface area contributed by atoms with Gasteiger partial charge in [0.1, 0.15) is 0 Å². The normalized spacial score (nSPS) is 17.4. The Morgan fingerprint density at radius 3 is 2.65 bits per heavy atom. The molecule has 0 aromatic carbocycles. The van der Waals surface area contributed by atoms with Gasteiger partial charge in [-0.05, 0) is 44.6 Å². The van der Waals surface area contributed by atoms with Crippen molar-refractivity contribution in [3.63, 3.8) is 0 Å². The van der Waals surface area contributed by atoms with Gasteiger partial charge in [0.15, 0.2) is 0 Å². The third kappa shape index (κ3) is 3.07. The summed E-state index contributed by atoms with van der Waals surface area (Å²) in [6.07, 6.45) is 6.32. The second kappa shape index (κ2) is 5.19. The van der Waals surface area contributed by atoms with E-state index in [9.17, 15) is 0 Å². The molecule has 1 unspecified atom stereocenters. The minimum Gasteiger partial charge on any atom is -0.272 e. The van der Waals surface area contributed by atoms with Crippen molar-refractivity contribution in [1.29, 1.82) is 0 Å². The molecule has 3 N–H and O–H groups in total. The highest BCUT2D eigenvalue weighted by Crippen LogP contribution is 2.34. The zero-order chi connectivity index (χ0) is 12.4. The Hall–Kier alpha value is -0.870. The Kier molecular flexibility index (Phi) is 3.84. The number of hydrazine groups is 1. The average molecular weight is 236 g/mol. The fourth-order valence-corrected chi connectivity index (χ4v) is 2.45. The van der Waals surface area contributed by atoms with Crippen LogP contribution in [0.5, 0.6) is 0 Å². The van der Waals surface area contributed by atoms with Crippen molar-refractivity contribution in [2.24, 2.45) is 18.8 Å². The van der Waals surface area contributed by atoms with Crippen LogP contribution in [0.4, 0.5) is 0 Å². The predicted molar refractivity (Wildman–Crippen MR) is 69.5 cm³/mol. The maximum Gasteiger partial charge on any atom is 0.0628 e. The highest BCUT2D eigenvalue weighted by molar-refractivity contribution is 5.25. The first kappa shape index (κ1) is 12.6. The molecule has 1 saturated carbocycles. The molecular weight excluding hydrogens is 212 g/mol. The number of aryl methyl sites for hydroxylation is 2. The van der Waals surface area contributed by atoms with E-state index in [1.165, 1.54) is 36.9 Å². The van der Waals surface area contributed by atoms with Crippen molar-refractivity contribution < 1.29 is 0 Å². The van der Waals surface area contributed by atoms with Crippen LogP contribution in [0.25, 0.3) is 0 Å². The fraction of sp³-hybridized carbons (Fsp3) is 0.769.